The summed E-state index contributed by atoms with van der Waals surface area (Å²) < 4.78 is 7.84. The number of fused-ring (bicyclic) bond motifs is 1. The van der Waals surface area contributed by atoms with Gasteiger partial charge in [-0.15, -0.1) is 10.2 Å². The molecular formula is C21H25N5O. The van der Waals surface area contributed by atoms with Gasteiger partial charge in [-0.2, -0.15) is 0 Å². The van der Waals surface area contributed by atoms with Gasteiger partial charge in [-0.3, -0.25) is 4.98 Å². The Morgan fingerprint density at radius 3 is 2.67 bits per heavy atom. The molecule has 1 aliphatic heterocycles. The fourth-order valence-electron chi connectivity index (χ4n) is 4.41. The molecule has 0 unspecified atom stereocenters. The van der Waals surface area contributed by atoms with E-state index in [1.165, 1.54) is 35.3 Å². The van der Waals surface area contributed by atoms with Crippen LogP contribution in [0, 0.1) is 6.92 Å². The summed E-state index contributed by atoms with van der Waals surface area (Å²) in [5, 5.41) is 9.82. The summed E-state index contributed by atoms with van der Waals surface area (Å²) in [6.45, 7) is 4.20. The molecule has 27 heavy (non-hydrogen) atoms. The molecule has 1 aromatic carbocycles. The van der Waals surface area contributed by atoms with Crippen molar-refractivity contribution in [1.29, 1.82) is 0 Å². The highest BCUT2D eigenvalue weighted by Gasteiger charge is 2.31. The largest absolute Gasteiger partial charge is 0.494 e. The number of benzene rings is 1. The van der Waals surface area contributed by atoms with Crippen LogP contribution in [-0.2, 0) is 0 Å². The lowest BCUT2D eigenvalue weighted by Crippen LogP contribution is -2.34. The van der Waals surface area contributed by atoms with Crippen molar-refractivity contribution in [3.63, 3.8) is 0 Å². The lowest BCUT2D eigenvalue weighted by atomic mass is 9.94. The first-order chi connectivity index (χ1) is 13.3. The van der Waals surface area contributed by atoms with Gasteiger partial charge < -0.3 is 14.2 Å². The van der Waals surface area contributed by atoms with Crippen molar-refractivity contribution in [2.75, 3.05) is 25.1 Å². The van der Waals surface area contributed by atoms with Crippen molar-refractivity contribution < 1.29 is 4.74 Å². The molecule has 0 spiro atoms. The molecule has 0 radical (unpaired) electrons. The third-order valence-electron chi connectivity index (χ3n) is 5.95. The van der Waals surface area contributed by atoms with Crippen LogP contribution in [0.5, 0.6) is 5.75 Å². The van der Waals surface area contributed by atoms with Crippen LogP contribution in [0.4, 0.5) is 5.69 Å². The number of hydrogen-bond donors (Lipinski definition) is 0. The van der Waals surface area contributed by atoms with Gasteiger partial charge in [0.25, 0.3) is 0 Å². The van der Waals surface area contributed by atoms with Gasteiger partial charge in [0.05, 0.1) is 12.8 Å². The summed E-state index contributed by atoms with van der Waals surface area (Å²) in [7, 11) is 1.71. The number of rotatable bonds is 4. The van der Waals surface area contributed by atoms with Crippen LogP contribution in [0.25, 0.3) is 10.9 Å². The maximum Gasteiger partial charge on any atom is 0.145 e. The summed E-state index contributed by atoms with van der Waals surface area (Å²) >= 11 is 0. The molecule has 1 saturated heterocycles. The Bertz CT molecular complexity index is 970. The number of pyridine rings is 1. The lowest BCUT2D eigenvalue weighted by Gasteiger charge is -2.35. The second kappa shape index (κ2) is 6.51. The van der Waals surface area contributed by atoms with Crippen molar-refractivity contribution in [3.8, 4) is 5.75 Å². The number of para-hydroxylation sites is 1. The van der Waals surface area contributed by atoms with E-state index in [9.17, 15) is 0 Å². The van der Waals surface area contributed by atoms with E-state index in [1.807, 2.05) is 18.6 Å². The predicted octanol–water partition coefficient (Wildman–Crippen LogP) is 3.86. The number of nitrogens with zero attached hydrogens (tertiary/aromatic N) is 5. The number of piperidine rings is 1. The third kappa shape index (κ3) is 2.83. The highest BCUT2D eigenvalue weighted by molar-refractivity contribution is 5.96. The molecule has 6 heteroatoms. The topological polar surface area (TPSA) is 56.1 Å². The van der Waals surface area contributed by atoms with Gasteiger partial charge in [0.1, 0.15) is 23.4 Å². The van der Waals surface area contributed by atoms with E-state index < -0.39 is 0 Å². The first-order valence-corrected chi connectivity index (χ1v) is 9.83. The number of hydrogen-bond acceptors (Lipinski definition) is 5. The second-order valence-corrected chi connectivity index (χ2v) is 7.74. The fraction of sp³-hybridized carbons (Fsp3) is 0.476. The fourth-order valence-corrected chi connectivity index (χ4v) is 4.41. The summed E-state index contributed by atoms with van der Waals surface area (Å²) in [5.74, 6) is 2.53. The molecule has 0 bridgehead atoms. The van der Waals surface area contributed by atoms with Crippen molar-refractivity contribution in [3.05, 3.63) is 42.1 Å². The quantitative estimate of drug-likeness (QED) is 0.704. The number of ether oxygens (including phenoxy) is 1. The van der Waals surface area contributed by atoms with E-state index in [2.05, 4.69) is 43.7 Å². The van der Waals surface area contributed by atoms with Gasteiger partial charge >= 0.3 is 0 Å². The van der Waals surface area contributed by atoms with Gasteiger partial charge in [0, 0.05) is 36.6 Å². The maximum absolute atomic E-state index is 5.52. The van der Waals surface area contributed by atoms with E-state index in [0.29, 0.717) is 12.0 Å². The minimum atomic E-state index is 0.507. The average molecular weight is 363 g/mol. The molecule has 5 rings (SSSR count). The van der Waals surface area contributed by atoms with Gasteiger partial charge in [-0.05, 0) is 44.2 Å². The van der Waals surface area contributed by atoms with E-state index in [0.717, 1.165) is 37.2 Å². The number of aryl methyl sites for hydroxylation is 1. The standard InChI is InChI=1S/C21H25N5O/c1-14-12-22-19-17(4-3-5-18(19)27-2)20(14)25-10-8-15(9-11-25)21-24-23-13-26(21)16-6-7-16/h3-5,12-13,15-16H,6-11H2,1-2H3. The van der Waals surface area contributed by atoms with Crippen molar-refractivity contribution in [1.82, 2.24) is 19.7 Å². The van der Waals surface area contributed by atoms with Crippen LogP contribution in [-0.4, -0.2) is 39.9 Å². The van der Waals surface area contributed by atoms with Crippen molar-refractivity contribution >= 4 is 16.6 Å². The van der Waals surface area contributed by atoms with E-state index in [4.69, 9.17) is 4.74 Å². The van der Waals surface area contributed by atoms with Crippen LogP contribution in [0.15, 0.2) is 30.7 Å². The number of anilines is 1. The zero-order chi connectivity index (χ0) is 18.4. The third-order valence-corrected chi connectivity index (χ3v) is 5.95. The molecule has 1 saturated carbocycles. The van der Waals surface area contributed by atoms with E-state index in [-0.39, 0.29) is 0 Å². The highest BCUT2D eigenvalue weighted by atomic mass is 16.5. The van der Waals surface area contributed by atoms with Crippen LogP contribution < -0.4 is 9.64 Å². The van der Waals surface area contributed by atoms with Crippen LogP contribution >= 0.6 is 0 Å². The van der Waals surface area contributed by atoms with Gasteiger partial charge in [-0.25, -0.2) is 0 Å². The molecule has 140 valence electrons. The molecule has 3 aromatic rings. The van der Waals surface area contributed by atoms with Crippen LogP contribution in [0.3, 0.4) is 0 Å². The molecule has 0 N–H and O–H groups in total. The highest BCUT2D eigenvalue weighted by Crippen LogP contribution is 2.40. The molecule has 2 aromatic heterocycles. The molecular weight excluding hydrogens is 338 g/mol. The normalized spacial score (nSPS) is 18.2. The first-order valence-electron chi connectivity index (χ1n) is 9.83. The average Bonchev–Trinajstić information content (AvgIpc) is 3.44. The SMILES string of the molecule is COc1cccc2c(N3CCC(c4nncn4C4CC4)CC3)c(C)cnc12. The maximum atomic E-state index is 5.52. The van der Waals surface area contributed by atoms with Gasteiger partial charge in [0.15, 0.2) is 0 Å². The van der Waals surface area contributed by atoms with E-state index >= 15 is 0 Å². The smallest absolute Gasteiger partial charge is 0.145 e. The van der Waals surface area contributed by atoms with Crippen molar-refractivity contribution in [2.45, 2.75) is 44.6 Å². The molecule has 1 aliphatic carbocycles. The second-order valence-electron chi connectivity index (χ2n) is 7.74. The molecule has 3 heterocycles. The zero-order valence-electron chi connectivity index (χ0n) is 15.9. The Balaban J connectivity index is 1.42. The minimum absolute atomic E-state index is 0.507. The molecule has 2 aliphatic rings. The lowest BCUT2D eigenvalue weighted by molar-refractivity contribution is 0.419. The monoisotopic (exact) mass is 363 g/mol. The Morgan fingerprint density at radius 1 is 1.11 bits per heavy atom. The van der Waals surface area contributed by atoms with E-state index in [1.54, 1.807) is 7.11 Å². The molecule has 6 nitrogen and oxygen atoms in total. The zero-order valence-corrected chi connectivity index (χ0v) is 15.9. The summed E-state index contributed by atoms with van der Waals surface area (Å²) in [4.78, 5) is 7.13. The summed E-state index contributed by atoms with van der Waals surface area (Å²) in [6, 6.07) is 6.83. The summed E-state index contributed by atoms with van der Waals surface area (Å²) in [6.07, 6.45) is 8.65. The minimum Gasteiger partial charge on any atom is -0.494 e. The number of aromatic nitrogens is 4. The van der Waals surface area contributed by atoms with Gasteiger partial charge in [0.2, 0.25) is 0 Å². The molecule has 0 atom stereocenters. The summed E-state index contributed by atoms with van der Waals surface area (Å²) in [5.41, 5.74) is 3.45. The Morgan fingerprint density at radius 2 is 1.93 bits per heavy atom. The first kappa shape index (κ1) is 16.5. The van der Waals surface area contributed by atoms with Crippen molar-refractivity contribution in [2.24, 2.45) is 0 Å². The Labute approximate surface area is 159 Å². The Kier molecular flexibility index (Phi) is 3.99. The molecule has 2 fully saturated rings. The van der Waals surface area contributed by atoms with Crippen LogP contribution in [0.2, 0.25) is 0 Å². The van der Waals surface area contributed by atoms with Gasteiger partial charge in [-0.1, -0.05) is 12.1 Å². The Hall–Kier alpha value is -2.63. The van der Waals surface area contributed by atoms with Crippen LogP contribution in [0.1, 0.15) is 49.0 Å². The predicted molar refractivity (Wildman–Crippen MR) is 106 cm³/mol. The number of methoxy groups -OCH3 is 1. The molecule has 0 amide bonds.